The van der Waals surface area contributed by atoms with Crippen LogP contribution in [-0.2, 0) is 11.3 Å². The number of guanidine groups is 1. The van der Waals surface area contributed by atoms with Crippen LogP contribution in [0.25, 0.3) is 0 Å². The molecule has 1 aromatic carbocycles. The number of ether oxygens (including phenoxy) is 3. The fraction of sp³-hybridized carbons (Fsp3) is 0.650. The number of alkyl halides is 2. The molecule has 0 unspecified atom stereocenters. The van der Waals surface area contributed by atoms with Crippen LogP contribution in [0.15, 0.2) is 23.2 Å². The predicted molar refractivity (Wildman–Crippen MR) is 121 cm³/mol. The minimum absolute atomic E-state index is 0. The van der Waals surface area contributed by atoms with Crippen LogP contribution in [-0.4, -0.2) is 56.4 Å². The van der Waals surface area contributed by atoms with Gasteiger partial charge in [-0.1, -0.05) is 6.07 Å². The molecule has 0 spiro atoms. The summed E-state index contributed by atoms with van der Waals surface area (Å²) in [6, 6.07) is 4.94. The zero-order chi connectivity index (χ0) is 20.4. The van der Waals surface area contributed by atoms with Crippen molar-refractivity contribution >= 4 is 29.9 Å². The second kappa shape index (κ2) is 13.8. The van der Waals surface area contributed by atoms with Gasteiger partial charge in [0.25, 0.3) is 0 Å². The molecule has 1 saturated heterocycles. The quantitative estimate of drug-likeness (QED) is 0.296. The van der Waals surface area contributed by atoms with Gasteiger partial charge in [-0.05, 0) is 51.3 Å². The lowest BCUT2D eigenvalue weighted by atomic mass is 10.1. The number of halogens is 3. The van der Waals surface area contributed by atoms with Crippen LogP contribution in [0.3, 0.4) is 0 Å². The van der Waals surface area contributed by atoms with Crippen molar-refractivity contribution in [1.29, 1.82) is 0 Å². The van der Waals surface area contributed by atoms with Gasteiger partial charge in [0, 0.05) is 26.2 Å². The molecule has 1 N–H and O–H groups in total. The lowest BCUT2D eigenvalue weighted by Crippen LogP contribution is -2.47. The van der Waals surface area contributed by atoms with E-state index in [1.54, 1.807) is 19.1 Å². The summed E-state index contributed by atoms with van der Waals surface area (Å²) < 4.78 is 40.7. The van der Waals surface area contributed by atoms with E-state index in [9.17, 15) is 8.78 Å². The first-order valence-electron chi connectivity index (χ1n) is 9.92. The molecule has 0 bridgehead atoms. The summed E-state index contributed by atoms with van der Waals surface area (Å²) in [4.78, 5) is 6.95. The number of nitrogens with zero attached hydrogens (tertiary/aromatic N) is 2. The summed E-state index contributed by atoms with van der Waals surface area (Å²) in [5.41, 5.74) is 0.865. The summed E-state index contributed by atoms with van der Waals surface area (Å²) in [7, 11) is 0. The Balaban J connectivity index is 0.00000420. The lowest BCUT2D eigenvalue weighted by molar-refractivity contribution is -0.0514. The Bertz CT molecular complexity index is 627. The Labute approximate surface area is 189 Å². The van der Waals surface area contributed by atoms with Crippen molar-refractivity contribution < 1.29 is 23.0 Å². The van der Waals surface area contributed by atoms with Crippen molar-refractivity contribution in [1.82, 2.24) is 10.2 Å². The van der Waals surface area contributed by atoms with Crippen molar-refractivity contribution in [2.75, 3.05) is 32.8 Å². The minimum Gasteiger partial charge on any atom is -0.490 e. The number of benzene rings is 1. The number of hydrogen-bond donors (Lipinski definition) is 1. The molecule has 1 aliphatic rings. The Morgan fingerprint density at radius 2 is 1.90 bits per heavy atom. The van der Waals surface area contributed by atoms with Crippen LogP contribution < -0.4 is 14.8 Å². The highest BCUT2D eigenvalue weighted by Gasteiger charge is 2.21. The third-order valence-electron chi connectivity index (χ3n) is 4.41. The van der Waals surface area contributed by atoms with Gasteiger partial charge in [0.1, 0.15) is 0 Å². The van der Waals surface area contributed by atoms with Crippen LogP contribution in [0.4, 0.5) is 8.78 Å². The first-order valence-corrected chi connectivity index (χ1v) is 9.92. The third-order valence-corrected chi connectivity index (χ3v) is 4.41. The van der Waals surface area contributed by atoms with E-state index in [4.69, 9.17) is 14.5 Å². The highest BCUT2D eigenvalue weighted by molar-refractivity contribution is 14.0. The Hall–Kier alpha value is -1.36. The summed E-state index contributed by atoms with van der Waals surface area (Å²) >= 11 is 0. The molecular formula is C20H32F2IN3O3. The average Bonchev–Trinajstić information content (AvgIpc) is 2.68. The van der Waals surface area contributed by atoms with Crippen molar-refractivity contribution in [3.8, 4) is 11.5 Å². The van der Waals surface area contributed by atoms with Gasteiger partial charge in [-0.25, -0.2) is 4.99 Å². The van der Waals surface area contributed by atoms with Gasteiger partial charge in [-0.3, -0.25) is 0 Å². The van der Waals surface area contributed by atoms with Gasteiger partial charge in [-0.15, -0.1) is 24.0 Å². The number of nitrogens with one attached hydrogen (secondary N) is 1. The molecule has 166 valence electrons. The highest BCUT2D eigenvalue weighted by atomic mass is 127. The van der Waals surface area contributed by atoms with Crippen LogP contribution in [0.1, 0.15) is 39.2 Å². The third kappa shape index (κ3) is 8.49. The first kappa shape index (κ1) is 25.7. The molecule has 0 saturated carbocycles. The molecule has 0 amide bonds. The van der Waals surface area contributed by atoms with Gasteiger partial charge in [-0.2, -0.15) is 8.78 Å². The molecule has 0 aliphatic carbocycles. The van der Waals surface area contributed by atoms with Crippen LogP contribution in [0.5, 0.6) is 11.5 Å². The Morgan fingerprint density at radius 3 is 2.48 bits per heavy atom. The number of aliphatic imine (C=N–C) groups is 1. The van der Waals surface area contributed by atoms with Crippen LogP contribution >= 0.6 is 24.0 Å². The SMILES string of the molecule is CCNC(=NCc1ccc(OC(F)F)c(OCC)c1)N1CCC(OCC)CC1.I. The number of rotatable bonds is 9. The zero-order valence-corrected chi connectivity index (χ0v) is 19.7. The molecule has 2 rings (SSSR count). The molecule has 1 fully saturated rings. The second-order valence-electron chi connectivity index (χ2n) is 6.40. The van der Waals surface area contributed by atoms with Crippen LogP contribution in [0.2, 0.25) is 0 Å². The predicted octanol–water partition coefficient (Wildman–Crippen LogP) is 4.27. The van der Waals surface area contributed by atoms with Crippen molar-refractivity contribution in [2.45, 2.75) is 52.9 Å². The molecule has 1 aromatic rings. The average molecular weight is 527 g/mol. The van der Waals surface area contributed by atoms with Gasteiger partial charge < -0.3 is 24.4 Å². The molecule has 29 heavy (non-hydrogen) atoms. The van der Waals surface area contributed by atoms with Gasteiger partial charge in [0.15, 0.2) is 17.5 Å². The molecular weight excluding hydrogens is 495 g/mol. The Morgan fingerprint density at radius 1 is 1.17 bits per heavy atom. The van der Waals surface area contributed by atoms with Gasteiger partial charge in [0.05, 0.1) is 19.3 Å². The molecule has 9 heteroatoms. The summed E-state index contributed by atoms with van der Waals surface area (Å²) in [5.74, 6) is 1.19. The molecule has 6 nitrogen and oxygen atoms in total. The van der Waals surface area contributed by atoms with Gasteiger partial charge in [0.2, 0.25) is 0 Å². The summed E-state index contributed by atoms with van der Waals surface area (Å²) in [6.45, 7) is 7.05. The van der Waals surface area contributed by atoms with E-state index in [0.717, 1.165) is 50.6 Å². The summed E-state index contributed by atoms with van der Waals surface area (Å²) in [6.07, 6.45) is 2.28. The highest BCUT2D eigenvalue weighted by Crippen LogP contribution is 2.30. The monoisotopic (exact) mass is 527 g/mol. The van der Waals surface area contributed by atoms with Crippen molar-refractivity contribution in [2.24, 2.45) is 4.99 Å². The number of likely N-dealkylation sites (tertiary alicyclic amines) is 1. The lowest BCUT2D eigenvalue weighted by Gasteiger charge is -2.34. The number of piperidine rings is 1. The van der Waals surface area contributed by atoms with E-state index < -0.39 is 6.61 Å². The molecule has 1 aliphatic heterocycles. The van der Waals surface area contributed by atoms with E-state index in [1.165, 1.54) is 6.07 Å². The van der Waals surface area contributed by atoms with E-state index in [1.807, 2.05) is 13.8 Å². The maximum atomic E-state index is 12.5. The molecule has 0 atom stereocenters. The molecule has 1 heterocycles. The van der Waals surface area contributed by atoms with Crippen molar-refractivity contribution in [3.05, 3.63) is 23.8 Å². The smallest absolute Gasteiger partial charge is 0.387 e. The van der Waals surface area contributed by atoms with Crippen LogP contribution in [0, 0.1) is 0 Å². The zero-order valence-electron chi connectivity index (χ0n) is 17.3. The minimum atomic E-state index is -2.89. The fourth-order valence-corrected chi connectivity index (χ4v) is 3.17. The summed E-state index contributed by atoms with van der Waals surface area (Å²) in [5, 5.41) is 3.33. The molecule has 0 radical (unpaired) electrons. The van der Waals surface area contributed by atoms with E-state index in [-0.39, 0.29) is 29.7 Å². The van der Waals surface area contributed by atoms with Crippen molar-refractivity contribution in [3.63, 3.8) is 0 Å². The topological polar surface area (TPSA) is 55.3 Å². The normalized spacial score (nSPS) is 15.2. The maximum absolute atomic E-state index is 12.5. The second-order valence-corrected chi connectivity index (χ2v) is 6.40. The Kier molecular flexibility index (Phi) is 12.2. The van der Waals surface area contributed by atoms with E-state index in [0.29, 0.717) is 25.0 Å². The standard InChI is InChI=1S/C20H31F2N3O3.HI/c1-4-23-20(25-11-9-16(10-12-25)26-5-2)24-14-15-7-8-17(28-19(21)22)18(13-15)27-6-3;/h7-8,13,16,19H,4-6,9-12,14H2,1-3H3,(H,23,24);1H. The largest absolute Gasteiger partial charge is 0.490 e. The van der Waals surface area contributed by atoms with Gasteiger partial charge >= 0.3 is 6.61 Å². The van der Waals surface area contributed by atoms with E-state index in [2.05, 4.69) is 15.0 Å². The first-order chi connectivity index (χ1) is 13.6. The molecule has 0 aromatic heterocycles. The number of hydrogen-bond acceptors (Lipinski definition) is 4. The maximum Gasteiger partial charge on any atom is 0.387 e. The van der Waals surface area contributed by atoms with E-state index >= 15 is 0 Å². The fourth-order valence-electron chi connectivity index (χ4n) is 3.17.